The highest BCUT2D eigenvalue weighted by atomic mass is 79.9. The predicted molar refractivity (Wildman–Crippen MR) is 125 cm³/mol. The van der Waals surface area contributed by atoms with Crippen LogP contribution in [-0.4, -0.2) is 41.5 Å². The van der Waals surface area contributed by atoms with E-state index in [2.05, 4.69) is 26.6 Å². The van der Waals surface area contributed by atoms with Crippen molar-refractivity contribution in [1.29, 1.82) is 0 Å². The van der Waals surface area contributed by atoms with E-state index in [9.17, 15) is 9.59 Å². The van der Waals surface area contributed by atoms with Gasteiger partial charge < -0.3 is 15.0 Å². The Balaban J connectivity index is 1.61. The van der Waals surface area contributed by atoms with E-state index in [0.29, 0.717) is 33.6 Å². The molecular weight excluding hydrogens is 466 g/mol. The van der Waals surface area contributed by atoms with Gasteiger partial charge in [-0.25, -0.2) is 0 Å². The molecule has 1 saturated heterocycles. The summed E-state index contributed by atoms with van der Waals surface area (Å²) in [4.78, 5) is 27.1. The van der Waals surface area contributed by atoms with Crippen molar-refractivity contribution in [3.63, 3.8) is 0 Å². The lowest BCUT2D eigenvalue weighted by atomic mass is 10.1. The number of benzene rings is 2. The highest BCUT2D eigenvalue weighted by Crippen LogP contribution is 2.26. The Kier molecular flexibility index (Phi) is 7.81. The maximum absolute atomic E-state index is 12.7. The van der Waals surface area contributed by atoms with Gasteiger partial charge in [0.25, 0.3) is 11.8 Å². The molecule has 158 valence electrons. The van der Waals surface area contributed by atoms with Crippen LogP contribution in [0.25, 0.3) is 0 Å². The minimum atomic E-state index is -0.336. The first-order chi connectivity index (χ1) is 14.5. The maximum Gasteiger partial charge on any atom is 0.257 e. The second kappa shape index (κ2) is 10.5. The van der Waals surface area contributed by atoms with Gasteiger partial charge in [-0.1, -0.05) is 6.07 Å². The van der Waals surface area contributed by atoms with E-state index in [0.717, 1.165) is 25.9 Å². The maximum atomic E-state index is 12.7. The molecule has 1 heterocycles. The number of hydrogen-bond donors (Lipinski definition) is 2. The summed E-state index contributed by atoms with van der Waals surface area (Å²) in [6, 6.07) is 12.2. The number of hydrogen-bond acceptors (Lipinski definition) is 4. The van der Waals surface area contributed by atoms with Gasteiger partial charge in [-0.05, 0) is 90.7 Å². The molecule has 3 rings (SSSR count). The number of amides is 2. The van der Waals surface area contributed by atoms with E-state index in [4.69, 9.17) is 17.0 Å². The molecule has 2 aromatic rings. The van der Waals surface area contributed by atoms with Crippen molar-refractivity contribution >= 4 is 50.8 Å². The van der Waals surface area contributed by atoms with E-state index in [1.54, 1.807) is 42.5 Å². The normalized spacial score (nSPS) is 13.5. The van der Waals surface area contributed by atoms with Crippen molar-refractivity contribution in [2.24, 2.45) is 0 Å². The molecule has 6 nitrogen and oxygen atoms in total. The predicted octanol–water partition coefficient (Wildman–Crippen LogP) is 4.60. The highest BCUT2D eigenvalue weighted by Gasteiger charge is 2.18. The van der Waals surface area contributed by atoms with Crippen LogP contribution in [-0.2, 0) is 0 Å². The van der Waals surface area contributed by atoms with Crippen LogP contribution < -0.4 is 15.4 Å². The summed E-state index contributed by atoms with van der Waals surface area (Å²) in [6.45, 7) is 4.02. The van der Waals surface area contributed by atoms with Crippen LogP contribution in [0.1, 0.15) is 46.9 Å². The molecule has 0 atom stereocenters. The van der Waals surface area contributed by atoms with Gasteiger partial charge in [0, 0.05) is 29.9 Å². The van der Waals surface area contributed by atoms with Gasteiger partial charge in [0.05, 0.1) is 11.1 Å². The SMILES string of the molecule is CCOc1ccc(C(=O)NC(=S)Nc2cccc(C(=O)N3CCCCC3)c2)cc1Br. The van der Waals surface area contributed by atoms with E-state index in [-0.39, 0.29) is 16.9 Å². The Bertz CT molecular complexity index is 945. The van der Waals surface area contributed by atoms with Crippen LogP contribution in [0.4, 0.5) is 5.69 Å². The minimum Gasteiger partial charge on any atom is -0.493 e. The van der Waals surface area contributed by atoms with Gasteiger partial charge in [0.1, 0.15) is 5.75 Å². The Labute approximate surface area is 190 Å². The summed E-state index contributed by atoms with van der Waals surface area (Å²) in [5.41, 5.74) is 1.70. The molecular formula is C22H24BrN3O3S. The zero-order chi connectivity index (χ0) is 21.5. The van der Waals surface area contributed by atoms with E-state index in [1.165, 1.54) is 6.42 Å². The Morgan fingerprint density at radius 2 is 1.87 bits per heavy atom. The van der Waals surface area contributed by atoms with E-state index >= 15 is 0 Å². The molecule has 2 N–H and O–H groups in total. The first-order valence-corrected chi connectivity index (χ1v) is 11.1. The fourth-order valence-corrected chi connectivity index (χ4v) is 3.97. The molecule has 0 saturated carbocycles. The van der Waals surface area contributed by atoms with Crippen molar-refractivity contribution in [2.45, 2.75) is 26.2 Å². The van der Waals surface area contributed by atoms with Crippen molar-refractivity contribution in [3.05, 3.63) is 58.1 Å². The molecule has 8 heteroatoms. The van der Waals surface area contributed by atoms with Gasteiger partial charge in [0.2, 0.25) is 0 Å². The van der Waals surface area contributed by atoms with E-state index < -0.39 is 0 Å². The number of nitrogens with one attached hydrogen (secondary N) is 2. The smallest absolute Gasteiger partial charge is 0.257 e. The summed E-state index contributed by atoms with van der Waals surface area (Å²) >= 11 is 8.67. The Hall–Kier alpha value is -2.45. The van der Waals surface area contributed by atoms with Gasteiger partial charge in [-0.15, -0.1) is 0 Å². The largest absolute Gasteiger partial charge is 0.493 e. The molecule has 0 aromatic heterocycles. The zero-order valence-electron chi connectivity index (χ0n) is 16.7. The average molecular weight is 490 g/mol. The quantitative estimate of drug-likeness (QED) is 0.600. The van der Waals surface area contributed by atoms with Crippen LogP contribution in [0.3, 0.4) is 0 Å². The van der Waals surface area contributed by atoms with Gasteiger partial charge >= 0.3 is 0 Å². The number of carbonyl (C=O) groups excluding carboxylic acids is 2. The third-order valence-corrected chi connectivity index (χ3v) is 5.56. The summed E-state index contributed by atoms with van der Waals surface area (Å²) in [7, 11) is 0. The number of piperidine rings is 1. The number of carbonyl (C=O) groups is 2. The van der Waals surface area contributed by atoms with Crippen LogP contribution in [0, 0.1) is 0 Å². The second-order valence-corrected chi connectivity index (χ2v) is 8.18. The lowest BCUT2D eigenvalue weighted by molar-refractivity contribution is 0.0724. The first kappa shape index (κ1) is 22.2. The standard InChI is InChI=1S/C22H24BrN3O3S/c1-2-29-19-10-9-15(14-18(19)23)20(27)25-22(30)24-17-8-6-7-16(13-17)21(28)26-11-4-3-5-12-26/h6-10,13-14H,2-5,11-12H2,1H3,(H2,24,25,27,30). The number of anilines is 1. The fourth-order valence-electron chi connectivity index (χ4n) is 3.26. The van der Waals surface area contributed by atoms with Gasteiger partial charge in [-0.2, -0.15) is 0 Å². The fraction of sp³-hybridized carbons (Fsp3) is 0.318. The minimum absolute atomic E-state index is 0.0209. The van der Waals surface area contributed by atoms with Crippen molar-refractivity contribution < 1.29 is 14.3 Å². The molecule has 1 aliphatic heterocycles. The van der Waals surface area contributed by atoms with Crippen molar-refractivity contribution in [1.82, 2.24) is 10.2 Å². The number of rotatable bonds is 5. The third-order valence-electron chi connectivity index (χ3n) is 4.73. The van der Waals surface area contributed by atoms with Crippen LogP contribution >= 0.6 is 28.1 Å². The number of thiocarbonyl (C=S) groups is 1. The number of halogens is 1. The summed E-state index contributed by atoms with van der Waals surface area (Å²) in [5, 5.41) is 5.80. The van der Waals surface area contributed by atoms with Crippen LogP contribution in [0.15, 0.2) is 46.9 Å². The van der Waals surface area contributed by atoms with Crippen LogP contribution in [0.5, 0.6) is 5.75 Å². The molecule has 0 bridgehead atoms. The lowest BCUT2D eigenvalue weighted by Gasteiger charge is -2.26. The van der Waals surface area contributed by atoms with Crippen molar-refractivity contribution in [3.8, 4) is 5.75 Å². The molecule has 30 heavy (non-hydrogen) atoms. The summed E-state index contributed by atoms with van der Waals surface area (Å²) < 4.78 is 6.15. The Morgan fingerprint density at radius 1 is 1.10 bits per heavy atom. The second-order valence-electron chi connectivity index (χ2n) is 6.92. The number of nitrogens with zero attached hydrogens (tertiary/aromatic N) is 1. The van der Waals surface area contributed by atoms with Crippen LogP contribution in [0.2, 0.25) is 0 Å². The third kappa shape index (κ3) is 5.79. The zero-order valence-corrected chi connectivity index (χ0v) is 19.1. The van der Waals surface area contributed by atoms with Gasteiger partial charge in [-0.3, -0.25) is 14.9 Å². The Morgan fingerprint density at radius 3 is 2.57 bits per heavy atom. The lowest BCUT2D eigenvalue weighted by Crippen LogP contribution is -2.36. The average Bonchev–Trinajstić information content (AvgIpc) is 2.75. The molecule has 0 radical (unpaired) electrons. The molecule has 0 spiro atoms. The molecule has 2 aromatic carbocycles. The molecule has 1 fully saturated rings. The first-order valence-electron chi connectivity index (χ1n) is 9.92. The highest BCUT2D eigenvalue weighted by molar-refractivity contribution is 9.10. The van der Waals surface area contributed by atoms with E-state index in [1.807, 2.05) is 11.8 Å². The topological polar surface area (TPSA) is 70.7 Å². The molecule has 0 aliphatic carbocycles. The number of ether oxygens (including phenoxy) is 1. The van der Waals surface area contributed by atoms with Gasteiger partial charge in [0.15, 0.2) is 5.11 Å². The summed E-state index contributed by atoms with van der Waals surface area (Å²) in [6.07, 6.45) is 3.26. The molecule has 1 aliphatic rings. The monoisotopic (exact) mass is 489 g/mol. The summed E-state index contributed by atoms with van der Waals surface area (Å²) in [5.74, 6) is 0.356. The van der Waals surface area contributed by atoms with Crippen molar-refractivity contribution in [2.75, 3.05) is 25.0 Å². The number of likely N-dealkylation sites (tertiary alicyclic amines) is 1. The molecule has 2 amide bonds. The molecule has 0 unspecified atom stereocenters.